The zero-order chi connectivity index (χ0) is 18.7. The van der Waals surface area contributed by atoms with Gasteiger partial charge in [0.05, 0.1) is 17.8 Å². The molecule has 1 aromatic carbocycles. The summed E-state index contributed by atoms with van der Waals surface area (Å²) in [5, 5.41) is 0.996. The summed E-state index contributed by atoms with van der Waals surface area (Å²) in [4.78, 5) is 21.6. The third-order valence-electron chi connectivity index (χ3n) is 4.85. The molecule has 26 heavy (non-hydrogen) atoms. The van der Waals surface area contributed by atoms with Crippen molar-refractivity contribution in [1.29, 1.82) is 0 Å². The number of esters is 1. The van der Waals surface area contributed by atoms with E-state index >= 15 is 0 Å². The number of aromatic nitrogens is 1. The number of benzene rings is 1. The number of anilines is 1. The van der Waals surface area contributed by atoms with Crippen LogP contribution in [0.4, 0.5) is 5.69 Å². The van der Waals surface area contributed by atoms with Crippen molar-refractivity contribution in [2.45, 2.75) is 19.8 Å². The van der Waals surface area contributed by atoms with Crippen LogP contribution in [-0.4, -0.2) is 56.2 Å². The Kier molecular flexibility index (Phi) is 6.14. The molecule has 140 valence electrons. The van der Waals surface area contributed by atoms with Crippen molar-refractivity contribution >= 4 is 38.5 Å². The fraction of sp³-hybridized carbons (Fsp3) is 0.500. The van der Waals surface area contributed by atoms with Crippen molar-refractivity contribution in [2.24, 2.45) is 5.92 Å². The molecule has 0 amide bonds. The van der Waals surface area contributed by atoms with E-state index in [1.165, 1.54) is 0 Å². The maximum atomic E-state index is 12.5. The molecule has 0 spiro atoms. The van der Waals surface area contributed by atoms with E-state index in [9.17, 15) is 4.79 Å². The summed E-state index contributed by atoms with van der Waals surface area (Å²) in [5.74, 6) is 0.402. The zero-order valence-electron chi connectivity index (χ0n) is 15.7. The van der Waals surface area contributed by atoms with E-state index in [0.717, 1.165) is 53.5 Å². The number of piperidine rings is 1. The first kappa shape index (κ1) is 19.1. The average Bonchev–Trinajstić information content (AvgIpc) is 2.61. The van der Waals surface area contributed by atoms with Gasteiger partial charge in [-0.05, 0) is 58.0 Å². The monoisotopic (exact) mass is 419 g/mol. The van der Waals surface area contributed by atoms with Crippen molar-refractivity contribution in [1.82, 2.24) is 9.88 Å². The van der Waals surface area contributed by atoms with Crippen LogP contribution < -0.4 is 4.90 Å². The summed E-state index contributed by atoms with van der Waals surface area (Å²) in [6.45, 7) is 5.18. The number of hydrogen-bond acceptors (Lipinski definition) is 5. The molecule has 0 atom stereocenters. The largest absolute Gasteiger partial charge is 0.462 e. The number of carbonyl (C=O) groups excluding carboxylic acids is 1. The smallest absolute Gasteiger partial charge is 0.341 e. The van der Waals surface area contributed by atoms with E-state index in [1.807, 2.05) is 25.1 Å². The molecule has 2 heterocycles. The summed E-state index contributed by atoms with van der Waals surface area (Å²) in [5.41, 5.74) is 2.41. The van der Waals surface area contributed by atoms with Crippen LogP contribution >= 0.6 is 15.9 Å². The van der Waals surface area contributed by atoms with Gasteiger partial charge in [0.25, 0.3) is 0 Å². The van der Waals surface area contributed by atoms with Crippen molar-refractivity contribution < 1.29 is 9.53 Å². The number of pyridine rings is 1. The predicted octanol–water partition coefficient (Wildman–Crippen LogP) is 3.95. The van der Waals surface area contributed by atoms with E-state index in [1.54, 1.807) is 6.20 Å². The number of nitrogens with zero attached hydrogens (tertiary/aromatic N) is 3. The van der Waals surface area contributed by atoms with Gasteiger partial charge in [0.15, 0.2) is 0 Å². The lowest BCUT2D eigenvalue weighted by Crippen LogP contribution is -2.38. The average molecular weight is 420 g/mol. The lowest BCUT2D eigenvalue weighted by atomic mass is 9.95. The van der Waals surface area contributed by atoms with E-state index in [0.29, 0.717) is 18.1 Å². The second kappa shape index (κ2) is 8.35. The number of rotatable bonds is 5. The predicted molar refractivity (Wildman–Crippen MR) is 109 cm³/mol. The van der Waals surface area contributed by atoms with Crippen LogP contribution in [0.1, 0.15) is 30.1 Å². The highest BCUT2D eigenvalue weighted by atomic mass is 79.9. The van der Waals surface area contributed by atoms with E-state index in [2.05, 4.69) is 44.8 Å². The van der Waals surface area contributed by atoms with Crippen molar-refractivity contribution in [3.8, 4) is 0 Å². The Balaban J connectivity index is 1.98. The Morgan fingerprint density at radius 2 is 2.08 bits per heavy atom. The third kappa shape index (κ3) is 4.18. The summed E-state index contributed by atoms with van der Waals surface area (Å²) in [7, 11) is 4.25. The summed E-state index contributed by atoms with van der Waals surface area (Å²) in [6.07, 6.45) is 3.91. The van der Waals surface area contributed by atoms with Crippen molar-refractivity contribution in [3.63, 3.8) is 0 Å². The van der Waals surface area contributed by atoms with Crippen LogP contribution in [0.2, 0.25) is 0 Å². The number of hydrogen-bond donors (Lipinski definition) is 0. The molecule has 1 fully saturated rings. The summed E-state index contributed by atoms with van der Waals surface area (Å²) in [6, 6.07) is 6.01. The molecule has 1 saturated heterocycles. The Morgan fingerprint density at radius 3 is 2.73 bits per heavy atom. The Hall–Kier alpha value is -1.66. The topological polar surface area (TPSA) is 45.7 Å². The Bertz CT molecular complexity index is 786. The minimum Gasteiger partial charge on any atom is -0.462 e. The normalized spacial score (nSPS) is 15.7. The van der Waals surface area contributed by atoms with Gasteiger partial charge < -0.3 is 14.5 Å². The summed E-state index contributed by atoms with van der Waals surface area (Å²) >= 11 is 3.55. The van der Waals surface area contributed by atoms with Crippen LogP contribution in [-0.2, 0) is 4.74 Å². The van der Waals surface area contributed by atoms with Gasteiger partial charge in [-0.2, -0.15) is 0 Å². The first-order valence-corrected chi connectivity index (χ1v) is 9.94. The molecule has 1 aromatic heterocycles. The molecular weight excluding hydrogens is 394 g/mol. The quantitative estimate of drug-likeness (QED) is 0.686. The van der Waals surface area contributed by atoms with Crippen LogP contribution in [0.25, 0.3) is 10.9 Å². The highest BCUT2D eigenvalue weighted by Crippen LogP contribution is 2.34. The number of fused-ring (bicyclic) bond motifs is 1. The first-order chi connectivity index (χ1) is 12.5. The molecule has 0 radical (unpaired) electrons. The van der Waals surface area contributed by atoms with Gasteiger partial charge in [0.1, 0.15) is 5.56 Å². The molecule has 1 aliphatic rings. The fourth-order valence-electron chi connectivity index (χ4n) is 3.71. The highest BCUT2D eigenvalue weighted by molar-refractivity contribution is 9.10. The van der Waals surface area contributed by atoms with Gasteiger partial charge in [-0.3, -0.25) is 4.98 Å². The SMILES string of the molecule is CCOC(=O)c1cnc2ccc(Br)cc2c1N1CCC(CN(C)C)CC1. The summed E-state index contributed by atoms with van der Waals surface area (Å²) < 4.78 is 6.27. The fourth-order valence-corrected chi connectivity index (χ4v) is 4.07. The number of ether oxygens (including phenoxy) is 1. The number of carbonyl (C=O) groups is 1. The van der Waals surface area contributed by atoms with Gasteiger partial charge in [-0.15, -0.1) is 0 Å². The maximum absolute atomic E-state index is 12.5. The zero-order valence-corrected chi connectivity index (χ0v) is 17.3. The number of halogens is 1. The molecule has 0 N–H and O–H groups in total. The van der Waals surface area contributed by atoms with Crippen molar-refractivity contribution in [2.75, 3.05) is 45.2 Å². The van der Waals surface area contributed by atoms with Crippen LogP contribution in [0.3, 0.4) is 0 Å². The minimum atomic E-state index is -0.299. The van der Waals surface area contributed by atoms with Gasteiger partial charge in [-0.25, -0.2) is 4.79 Å². The van der Waals surface area contributed by atoms with Crippen LogP contribution in [0.15, 0.2) is 28.9 Å². The Morgan fingerprint density at radius 1 is 1.35 bits per heavy atom. The highest BCUT2D eigenvalue weighted by Gasteiger charge is 2.26. The third-order valence-corrected chi connectivity index (χ3v) is 5.34. The Labute approximate surface area is 163 Å². The first-order valence-electron chi connectivity index (χ1n) is 9.14. The lowest BCUT2D eigenvalue weighted by molar-refractivity contribution is 0.0526. The molecule has 6 heteroatoms. The standard InChI is InChI=1S/C20H26BrN3O2/c1-4-26-20(25)17-12-22-18-6-5-15(21)11-16(18)19(17)24-9-7-14(8-10-24)13-23(2)3/h5-6,11-12,14H,4,7-10,13H2,1-3H3. The van der Waals surface area contributed by atoms with E-state index < -0.39 is 0 Å². The second-order valence-electron chi connectivity index (χ2n) is 7.10. The van der Waals surface area contributed by atoms with Gasteiger partial charge in [0.2, 0.25) is 0 Å². The molecule has 3 rings (SSSR count). The molecule has 2 aromatic rings. The van der Waals surface area contributed by atoms with E-state index in [4.69, 9.17) is 4.74 Å². The lowest BCUT2D eigenvalue weighted by Gasteiger charge is -2.36. The minimum absolute atomic E-state index is 0.299. The van der Waals surface area contributed by atoms with Gasteiger partial charge in [0, 0.05) is 35.7 Å². The van der Waals surface area contributed by atoms with Crippen molar-refractivity contribution in [3.05, 3.63) is 34.4 Å². The maximum Gasteiger partial charge on any atom is 0.341 e. The molecule has 0 saturated carbocycles. The second-order valence-corrected chi connectivity index (χ2v) is 8.01. The van der Waals surface area contributed by atoms with Gasteiger partial charge in [-0.1, -0.05) is 15.9 Å². The van der Waals surface area contributed by atoms with Gasteiger partial charge >= 0.3 is 5.97 Å². The molecule has 0 unspecified atom stereocenters. The van der Waals surface area contributed by atoms with Crippen LogP contribution in [0, 0.1) is 5.92 Å². The molecular formula is C20H26BrN3O2. The van der Waals surface area contributed by atoms with E-state index in [-0.39, 0.29) is 5.97 Å². The van der Waals surface area contributed by atoms with Crippen LogP contribution in [0.5, 0.6) is 0 Å². The molecule has 0 aliphatic carbocycles. The molecule has 0 bridgehead atoms. The molecule has 5 nitrogen and oxygen atoms in total. The molecule has 1 aliphatic heterocycles.